The van der Waals surface area contributed by atoms with E-state index in [0.29, 0.717) is 65.7 Å². The molecule has 1 aliphatic heterocycles. The zero-order valence-electron chi connectivity index (χ0n) is 24.6. The molecule has 0 aromatic heterocycles. The lowest BCUT2D eigenvalue weighted by molar-refractivity contribution is -0.121. The second-order valence-electron chi connectivity index (χ2n) is 11.2. The minimum Gasteiger partial charge on any atom is -0.457 e. The number of likely N-dealkylation sites (tertiary alicyclic amines) is 1. The van der Waals surface area contributed by atoms with E-state index in [0.717, 1.165) is 13.1 Å². The largest absolute Gasteiger partial charge is 0.457 e. The van der Waals surface area contributed by atoms with Crippen molar-refractivity contribution >= 4 is 17.7 Å². The molecule has 0 atom stereocenters. The van der Waals surface area contributed by atoms with Gasteiger partial charge in [-0.3, -0.25) is 4.79 Å². The molecule has 1 heterocycles. The van der Waals surface area contributed by atoms with E-state index in [1.165, 1.54) is 0 Å². The monoisotopic (exact) mass is 581 g/mol. The van der Waals surface area contributed by atoms with Crippen LogP contribution in [-0.4, -0.2) is 48.7 Å². The van der Waals surface area contributed by atoms with Crippen LogP contribution in [0.4, 0.5) is 10.5 Å². The SMILES string of the molecule is CC(C)(C)OC(=O)NCCN1CCC(C(=O)Nc2cc(Oc3ccc(C#N)cc3)cc(Oc3ccc(C#N)cc3)c2)CC1. The minimum absolute atomic E-state index is 0.0913. The molecule has 1 aliphatic rings. The second-order valence-corrected chi connectivity index (χ2v) is 11.2. The summed E-state index contributed by atoms with van der Waals surface area (Å²) < 4.78 is 17.3. The van der Waals surface area contributed by atoms with Gasteiger partial charge >= 0.3 is 6.09 Å². The highest BCUT2D eigenvalue weighted by Crippen LogP contribution is 2.33. The van der Waals surface area contributed by atoms with Crippen molar-refractivity contribution in [1.82, 2.24) is 10.2 Å². The molecule has 0 saturated carbocycles. The van der Waals surface area contributed by atoms with E-state index in [-0.39, 0.29) is 11.8 Å². The number of alkyl carbamates (subject to hydrolysis) is 1. The number of piperidine rings is 1. The maximum atomic E-state index is 13.2. The summed E-state index contributed by atoms with van der Waals surface area (Å²) in [7, 11) is 0. The van der Waals surface area contributed by atoms with Gasteiger partial charge in [0.05, 0.1) is 23.3 Å². The summed E-state index contributed by atoms with van der Waals surface area (Å²) in [6, 6.07) is 22.7. The molecule has 0 radical (unpaired) electrons. The number of nitrogens with one attached hydrogen (secondary N) is 2. The summed E-state index contributed by atoms with van der Waals surface area (Å²) in [4.78, 5) is 27.3. The second kappa shape index (κ2) is 14.2. The Balaban J connectivity index is 1.38. The average molecular weight is 582 g/mol. The Labute approximate surface area is 251 Å². The van der Waals surface area contributed by atoms with E-state index >= 15 is 0 Å². The van der Waals surface area contributed by atoms with Crippen LogP contribution in [0.1, 0.15) is 44.7 Å². The van der Waals surface area contributed by atoms with E-state index in [1.807, 2.05) is 20.8 Å². The highest BCUT2D eigenvalue weighted by molar-refractivity contribution is 5.93. The predicted molar refractivity (Wildman–Crippen MR) is 161 cm³/mol. The summed E-state index contributed by atoms with van der Waals surface area (Å²) in [6.45, 7) is 8.10. The van der Waals surface area contributed by atoms with Gasteiger partial charge in [-0.25, -0.2) is 4.79 Å². The van der Waals surface area contributed by atoms with Crippen LogP contribution in [0, 0.1) is 28.6 Å². The molecule has 0 spiro atoms. The normalized spacial score (nSPS) is 13.7. The van der Waals surface area contributed by atoms with Gasteiger partial charge in [-0.2, -0.15) is 10.5 Å². The molecule has 0 unspecified atom stereocenters. The number of ether oxygens (including phenoxy) is 3. The number of hydrogen-bond donors (Lipinski definition) is 2. The number of carbonyl (C=O) groups is 2. The van der Waals surface area contributed by atoms with Crippen LogP contribution >= 0.6 is 0 Å². The first kappa shape index (κ1) is 30.9. The first-order valence-corrected chi connectivity index (χ1v) is 14.1. The zero-order valence-corrected chi connectivity index (χ0v) is 24.6. The van der Waals surface area contributed by atoms with E-state index < -0.39 is 11.7 Å². The van der Waals surface area contributed by atoms with E-state index in [1.54, 1.807) is 66.7 Å². The highest BCUT2D eigenvalue weighted by atomic mass is 16.6. The molecule has 1 saturated heterocycles. The van der Waals surface area contributed by atoms with Crippen LogP contribution in [-0.2, 0) is 9.53 Å². The van der Waals surface area contributed by atoms with Gasteiger partial charge in [-0.1, -0.05) is 0 Å². The van der Waals surface area contributed by atoms with E-state index in [4.69, 9.17) is 24.7 Å². The first-order chi connectivity index (χ1) is 20.6. The molecule has 43 heavy (non-hydrogen) atoms. The third-order valence-corrected chi connectivity index (χ3v) is 6.64. The van der Waals surface area contributed by atoms with Crippen molar-refractivity contribution in [3.8, 4) is 35.1 Å². The molecule has 10 nitrogen and oxygen atoms in total. The van der Waals surface area contributed by atoms with Gasteiger partial charge in [0.15, 0.2) is 0 Å². The third-order valence-electron chi connectivity index (χ3n) is 6.64. The molecule has 3 aromatic rings. The Morgan fingerprint density at radius 3 is 1.81 bits per heavy atom. The number of rotatable bonds is 9. The maximum Gasteiger partial charge on any atom is 0.407 e. The summed E-state index contributed by atoms with van der Waals surface area (Å²) >= 11 is 0. The molecule has 3 aromatic carbocycles. The van der Waals surface area contributed by atoms with Crippen LogP contribution in [0.3, 0.4) is 0 Å². The van der Waals surface area contributed by atoms with Gasteiger partial charge in [0.2, 0.25) is 5.91 Å². The van der Waals surface area contributed by atoms with Gasteiger partial charge in [0.1, 0.15) is 28.6 Å². The van der Waals surface area contributed by atoms with Crippen molar-refractivity contribution in [2.45, 2.75) is 39.2 Å². The number of carbonyl (C=O) groups excluding carboxylic acids is 2. The van der Waals surface area contributed by atoms with Crippen molar-refractivity contribution in [2.75, 3.05) is 31.5 Å². The molecular weight excluding hydrogens is 546 g/mol. The lowest BCUT2D eigenvalue weighted by Gasteiger charge is -2.31. The van der Waals surface area contributed by atoms with Crippen molar-refractivity contribution in [2.24, 2.45) is 5.92 Å². The average Bonchev–Trinajstić information content (AvgIpc) is 2.97. The van der Waals surface area contributed by atoms with Crippen molar-refractivity contribution in [1.29, 1.82) is 10.5 Å². The van der Waals surface area contributed by atoms with Gasteiger partial charge in [-0.05, 0) is 95.2 Å². The Hall–Kier alpha value is -5.06. The van der Waals surface area contributed by atoms with E-state index in [2.05, 4.69) is 27.7 Å². The summed E-state index contributed by atoms with van der Waals surface area (Å²) in [5, 5.41) is 23.9. The lowest BCUT2D eigenvalue weighted by atomic mass is 9.96. The molecule has 0 aliphatic carbocycles. The molecule has 4 rings (SSSR count). The number of hydrogen-bond acceptors (Lipinski definition) is 8. The fourth-order valence-electron chi connectivity index (χ4n) is 4.52. The summed E-state index contributed by atoms with van der Waals surface area (Å²) in [5.74, 6) is 1.69. The summed E-state index contributed by atoms with van der Waals surface area (Å²) in [6.07, 6.45) is 0.942. The van der Waals surface area contributed by atoms with Gasteiger partial charge in [0, 0.05) is 42.9 Å². The molecule has 2 N–H and O–H groups in total. The van der Waals surface area contributed by atoms with Gasteiger partial charge < -0.3 is 29.7 Å². The smallest absolute Gasteiger partial charge is 0.407 e. The van der Waals surface area contributed by atoms with Crippen LogP contribution in [0.5, 0.6) is 23.0 Å². The lowest BCUT2D eigenvalue weighted by Crippen LogP contribution is -2.42. The standard InChI is InChI=1S/C33H35N5O5/c1-33(2,3)43-32(40)36-14-17-38-15-12-25(13-16-38)31(39)37-26-18-29(41-27-8-4-23(21-34)5-9-27)20-30(19-26)42-28-10-6-24(22-35)7-11-28/h4-11,18-20,25H,12-17H2,1-3H3,(H,36,40)(H,37,39). The van der Waals surface area contributed by atoms with Crippen molar-refractivity contribution < 1.29 is 23.8 Å². The highest BCUT2D eigenvalue weighted by Gasteiger charge is 2.25. The molecule has 222 valence electrons. The van der Waals surface area contributed by atoms with Crippen LogP contribution in [0.2, 0.25) is 0 Å². The number of amides is 2. The van der Waals surface area contributed by atoms with Crippen LogP contribution < -0.4 is 20.1 Å². The third kappa shape index (κ3) is 9.77. The number of anilines is 1. The quantitative estimate of drug-likeness (QED) is 0.305. The molecule has 1 fully saturated rings. The first-order valence-electron chi connectivity index (χ1n) is 14.1. The fourth-order valence-corrected chi connectivity index (χ4v) is 4.52. The Morgan fingerprint density at radius 1 is 0.837 bits per heavy atom. The van der Waals surface area contributed by atoms with Crippen molar-refractivity contribution in [3.05, 3.63) is 77.9 Å². The number of benzene rings is 3. The van der Waals surface area contributed by atoms with Crippen molar-refractivity contribution in [3.63, 3.8) is 0 Å². The van der Waals surface area contributed by atoms with Crippen LogP contribution in [0.15, 0.2) is 66.7 Å². The Morgan fingerprint density at radius 2 is 1.35 bits per heavy atom. The number of nitriles is 2. The Kier molecular flexibility index (Phi) is 10.2. The zero-order chi connectivity index (χ0) is 30.8. The molecule has 2 amide bonds. The molecular formula is C33H35N5O5. The molecule has 10 heteroatoms. The number of nitrogens with zero attached hydrogens (tertiary/aromatic N) is 3. The maximum absolute atomic E-state index is 13.2. The predicted octanol–water partition coefficient (Wildman–Crippen LogP) is 6.19. The molecule has 0 bridgehead atoms. The van der Waals surface area contributed by atoms with Gasteiger partial charge in [0.25, 0.3) is 0 Å². The summed E-state index contributed by atoms with van der Waals surface area (Å²) in [5.41, 5.74) is 1.01. The fraction of sp³-hybridized carbons (Fsp3) is 0.333. The van der Waals surface area contributed by atoms with E-state index in [9.17, 15) is 9.59 Å². The van der Waals surface area contributed by atoms with Crippen LogP contribution in [0.25, 0.3) is 0 Å². The topological polar surface area (TPSA) is 137 Å². The Bertz CT molecular complexity index is 1420. The van der Waals surface area contributed by atoms with Gasteiger partial charge in [-0.15, -0.1) is 0 Å². The minimum atomic E-state index is -0.540.